The Kier molecular flexibility index (Phi) is 6.74. The highest BCUT2D eigenvalue weighted by molar-refractivity contribution is 5.80. The summed E-state index contributed by atoms with van der Waals surface area (Å²) in [7, 11) is 0. The third-order valence-corrected chi connectivity index (χ3v) is 4.78. The van der Waals surface area contributed by atoms with Crippen LogP contribution in [-0.4, -0.2) is 38.3 Å². The van der Waals surface area contributed by atoms with Crippen molar-refractivity contribution in [2.45, 2.75) is 65.3 Å². The molecule has 1 aliphatic heterocycles. The Morgan fingerprint density at radius 1 is 1.36 bits per heavy atom. The molecular formula is C18H33N3O. The van der Waals surface area contributed by atoms with Gasteiger partial charge in [-0.15, -0.1) is 0 Å². The average molecular weight is 307 g/mol. The van der Waals surface area contributed by atoms with Gasteiger partial charge in [-0.05, 0) is 50.9 Å². The van der Waals surface area contributed by atoms with Gasteiger partial charge in [0.25, 0.3) is 0 Å². The van der Waals surface area contributed by atoms with Crippen molar-refractivity contribution >= 4 is 5.96 Å². The molecule has 4 heteroatoms. The molecule has 0 unspecified atom stereocenters. The lowest BCUT2D eigenvalue weighted by Gasteiger charge is -2.35. The monoisotopic (exact) mass is 307 g/mol. The van der Waals surface area contributed by atoms with E-state index in [2.05, 4.69) is 37.5 Å². The van der Waals surface area contributed by atoms with E-state index in [0.29, 0.717) is 11.5 Å². The van der Waals surface area contributed by atoms with Crippen LogP contribution in [0.4, 0.5) is 0 Å². The second-order valence-corrected chi connectivity index (χ2v) is 7.28. The summed E-state index contributed by atoms with van der Waals surface area (Å²) in [5.74, 6) is 0.986. The largest absolute Gasteiger partial charge is 0.377 e. The van der Waals surface area contributed by atoms with Crippen molar-refractivity contribution < 1.29 is 4.74 Å². The number of nitrogens with zero attached hydrogens (tertiary/aromatic N) is 1. The zero-order valence-electron chi connectivity index (χ0n) is 14.6. The predicted octanol–water partition coefficient (Wildman–Crippen LogP) is 3.25. The van der Waals surface area contributed by atoms with Gasteiger partial charge in [0.1, 0.15) is 0 Å². The molecule has 2 N–H and O–H groups in total. The van der Waals surface area contributed by atoms with Gasteiger partial charge in [-0.3, -0.25) is 4.99 Å². The number of rotatable bonds is 5. The molecule has 126 valence electrons. The van der Waals surface area contributed by atoms with Crippen molar-refractivity contribution in [1.29, 1.82) is 0 Å². The molecule has 0 amide bonds. The SMILES string of the molecule is CCNC(=NCCC1=CCOCC1)NC1CCC(C)(C)CC1. The number of hydrogen-bond donors (Lipinski definition) is 2. The van der Waals surface area contributed by atoms with E-state index >= 15 is 0 Å². The lowest BCUT2D eigenvalue weighted by atomic mass is 9.75. The molecule has 0 saturated heterocycles. The smallest absolute Gasteiger partial charge is 0.191 e. The minimum atomic E-state index is 0.517. The summed E-state index contributed by atoms with van der Waals surface area (Å²) >= 11 is 0. The molecule has 2 rings (SSSR count). The van der Waals surface area contributed by atoms with E-state index in [9.17, 15) is 0 Å². The highest BCUT2D eigenvalue weighted by Crippen LogP contribution is 2.34. The number of guanidine groups is 1. The van der Waals surface area contributed by atoms with Crippen LogP contribution in [-0.2, 0) is 4.74 Å². The standard InChI is InChI=1S/C18H33N3O/c1-4-19-17(20-12-7-15-8-13-22-14-9-15)21-16-5-10-18(2,3)11-6-16/h8,16H,4-7,9-14H2,1-3H3,(H2,19,20,21). The molecule has 1 saturated carbocycles. The van der Waals surface area contributed by atoms with Crippen LogP contribution >= 0.6 is 0 Å². The normalized spacial score (nSPS) is 23.0. The van der Waals surface area contributed by atoms with Crippen molar-refractivity contribution in [1.82, 2.24) is 10.6 Å². The molecule has 4 nitrogen and oxygen atoms in total. The molecular weight excluding hydrogens is 274 g/mol. The van der Waals surface area contributed by atoms with Gasteiger partial charge < -0.3 is 15.4 Å². The number of nitrogens with one attached hydrogen (secondary N) is 2. The first kappa shape index (κ1) is 17.3. The van der Waals surface area contributed by atoms with Gasteiger partial charge >= 0.3 is 0 Å². The van der Waals surface area contributed by atoms with E-state index in [1.54, 1.807) is 0 Å². The van der Waals surface area contributed by atoms with Gasteiger partial charge in [-0.25, -0.2) is 0 Å². The van der Waals surface area contributed by atoms with Crippen molar-refractivity contribution in [3.63, 3.8) is 0 Å². The summed E-state index contributed by atoms with van der Waals surface area (Å²) in [4.78, 5) is 4.75. The maximum atomic E-state index is 5.35. The molecule has 1 fully saturated rings. The van der Waals surface area contributed by atoms with Crippen LogP contribution in [0.5, 0.6) is 0 Å². The number of ether oxygens (including phenoxy) is 1. The van der Waals surface area contributed by atoms with Crippen LogP contribution in [0.2, 0.25) is 0 Å². The molecule has 0 radical (unpaired) electrons. The van der Waals surface area contributed by atoms with E-state index < -0.39 is 0 Å². The molecule has 0 bridgehead atoms. The maximum Gasteiger partial charge on any atom is 0.191 e. The molecule has 2 aliphatic rings. The third kappa shape index (κ3) is 5.99. The van der Waals surface area contributed by atoms with Crippen LogP contribution in [0.3, 0.4) is 0 Å². The molecule has 0 spiro atoms. The van der Waals surface area contributed by atoms with Gasteiger partial charge in [-0.2, -0.15) is 0 Å². The van der Waals surface area contributed by atoms with Gasteiger partial charge in [0.05, 0.1) is 13.2 Å². The third-order valence-electron chi connectivity index (χ3n) is 4.78. The van der Waals surface area contributed by atoms with E-state index in [4.69, 9.17) is 9.73 Å². The highest BCUT2D eigenvalue weighted by Gasteiger charge is 2.27. The molecule has 0 aromatic carbocycles. The van der Waals surface area contributed by atoms with Crippen LogP contribution < -0.4 is 10.6 Å². The minimum Gasteiger partial charge on any atom is -0.377 e. The van der Waals surface area contributed by atoms with Gasteiger partial charge in [0.2, 0.25) is 0 Å². The fourth-order valence-corrected chi connectivity index (χ4v) is 3.16. The van der Waals surface area contributed by atoms with Crippen molar-refractivity contribution in [2.75, 3.05) is 26.3 Å². The van der Waals surface area contributed by atoms with Gasteiger partial charge in [0.15, 0.2) is 5.96 Å². The molecule has 22 heavy (non-hydrogen) atoms. The lowest BCUT2D eigenvalue weighted by Crippen LogP contribution is -2.45. The molecule has 1 aliphatic carbocycles. The molecule has 0 atom stereocenters. The Morgan fingerprint density at radius 2 is 2.14 bits per heavy atom. The van der Waals surface area contributed by atoms with Gasteiger partial charge in [0, 0.05) is 19.1 Å². The summed E-state index contributed by atoms with van der Waals surface area (Å²) in [5, 5.41) is 7.01. The number of hydrogen-bond acceptors (Lipinski definition) is 2. The zero-order chi connectivity index (χ0) is 15.8. The van der Waals surface area contributed by atoms with E-state index in [0.717, 1.165) is 45.1 Å². The topological polar surface area (TPSA) is 45.7 Å². The number of aliphatic imine (C=N–C) groups is 1. The van der Waals surface area contributed by atoms with Crippen LogP contribution in [0.15, 0.2) is 16.6 Å². The zero-order valence-corrected chi connectivity index (χ0v) is 14.6. The van der Waals surface area contributed by atoms with Crippen molar-refractivity contribution in [3.05, 3.63) is 11.6 Å². The second-order valence-electron chi connectivity index (χ2n) is 7.28. The average Bonchev–Trinajstić information content (AvgIpc) is 2.50. The molecule has 0 aromatic rings. The van der Waals surface area contributed by atoms with Gasteiger partial charge in [-0.1, -0.05) is 25.5 Å². The Balaban J connectivity index is 1.78. The van der Waals surface area contributed by atoms with Crippen LogP contribution in [0, 0.1) is 5.41 Å². The first-order valence-corrected chi connectivity index (χ1v) is 8.89. The highest BCUT2D eigenvalue weighted by atomic mass is 16.5. The van der Waals surface area contributed by atoms with E-state index in [1.807, 2.05) is 0 Å². The van der Waals surface area contributed by atoms with E-state index in [1.165, 1.54) is 31.3 Å². The first-order valence-electron chi connectivity index (χ1n) is 8.89. The summed E-state index contributed by atoms with van der Waals surface area (Å²) in [6, 6.07) is 0.577. The molecule has 1 heterocycles. The van der Waals surface area contributed by atoms with Crippen molar-refractivity contribution in [2.24, 2.45) is 10.4 Å². The fourth-order valence-electron chi connectivity index (χ4n) is 3.16. The molecule has 0 aromatic heterocycles. The summed E-state index contributed by atoms with van der Waals surface area (Å²) in [6.07, 6.45) is 9.44. The first-order chi connectivity index (χ1) is 10.6. The van der Waals surface area contributed by atoms with E-state index in [-0.39, 0.29) is 0 Å². The quantitative estimate of drug-likeness (QED) is 0.465. The minimum absolute atomic E-state index is 0.517. The summed E-state index contributed by atoms with van der Waals surface area (Å²) < 4.78 is 5.35. The summed E-state index contributed by atoms with van der Waals surface area (Å²) in [6.45, 7) is 10.3. The van der Waals surface area contributed by atoms with Crippen LogP contribution in [0.1, 0.15) is 59.3 Å². The Bertz CT molecular complexity index is 391. The second kappa shape index (κ2) is 8.56. The Morgan fingerprint density at radius 3 is 2.77 bits per heavy atom. The summed E-state index contributed by atoms with van der Waals surface area (Å²) in [5.41, 5.74) is 2.01. The van der Waals surface area contributed by atoms with Crippen molar-refractivity contribution in [3.8, 4) is 0 Å². The Hall–Kier alpha value is -1.03. The van der Waals surface area contributed by atoms with Crippen LogP contribution in [0.25, 0.3) is 0 Å². The maximum absolute atomic E-state index is 5.35. The fraction of sp³-hybridized carbons (Fsp3) is 0.833. The Labute approximate surface area is 135 Å². The lowest BCUT2D eigenvalue weighted by molar-refractivity contribution is 0.153. The predicted molar refractivity (Wildman–Crippen MR) is 93.3 cm³/mol.